The largest absolute Gasteiger partial charge is 0.365 e. The van der Waals surface area contributed by atoms with Crippen LogP contribution in [0.4, 0.5) is 16.2 Å². The van der Waals surface area contributed by atoms with E-state index in [1.165, 1.54) is 0 Å². The molecule has 6 nitrogen and oxygen atoms in total. The summed E-state index contributed by atoms with van der Waals surface area (Å²) in [6.07, 6.45) is 3.29. The number of alkyl halides is 1. The number of hydrogen-bond donors (Lipinski definition) is 2. The van der Waals surface area contributed by atoms with Crippen LogP contribution < -0.4 is 10.6 Å². The van der Waals surface area contributed by atoms with E-state index in [1.54, 1.807) is 18.5 Å². The molecule has 0 saturated carbocycles. The standard InChI is InChI=1S/C17H19FN6/c1-11(2)22-17-23-15-13(6-4-8-20-15)16(24-17)21-10-12-5-3-7-19-14(12)9-18/h3-8,11H,9-10H2,1-2H3,(H2,20,21,22,23,24). The first kappa shape index (κ1) is 16.0. The van der Waals surface area contributed by atoms with Crippen molar-refractivity contribution >= 4 is 22.8 Å². The highest BCUT2D eigenvalue weighted by Crippen LogP contribution is 2.21. The molecule has 7 heteroatoms. The Morgan fingerprint density at radius 1 is 1.08 bits per heavy atom. The molecule has 3 rings (SSSR count). The molecule has 2 N–H and O–H groups in total. The molecule has 0 atom stereocenters. The first-order valence-electron chi connectivity index (χ1n) is 7.79. The second kappa shape index (κ2) is 7.16. The zero-order valence-corrected chi connectivity index (χ0v) is 13.6. The van der Waals surface area contributed by atoms with E-state index >= 15 is 0 Å². The summed E-state index contributed by atoms with van der Waals surface area (Å²) in [5.41, 5.74) is 1.84. The van der Waals surface area contributed by atoms with Gasteiger partial charge in [-0.3, -0.25) is 4.98 Å². The van der Waals surface area contributed by atoms with Gasteiger partial charge in [-0.15, -0.1) is 0 Å². The quantitative estimate of drug-likeness (QED) is 0.724. The van der Waals surface area contributed by atoms with Crippen LogP contribution in [0, 0.1) is 0 Å². The molecule has 0 aliphatic carbocycles. The van der Waals surface area contributed by atoms with Crippen molar-refractivity contribution in [3.05, 3.63) is 47.9 Å². The molecular weight excluding hydrogens is 307 g/mol. The predicted molar refractivity (Wildman–Crippen MR) is 92.5 cm³/mol. The average Bonchev–Trinajstić information content (AvgIpc) is 2.59. The van der Waals surface area contributed by atoms with Crippen molar-refractivity contribution < 1.29 is 4.39 Å². The van der Waals surface area contributed by atoms with Crippen LogP contribution in [0.2, 0.25) is 0 Å². The molecule has 0 amide bonds. The minimum Gasteiger partial charge on any atom is -0.365 e. The van der Waals surface area contributed by atoms with Crippen molar-refractivity contribution in [2.75, 3.05) is 10.6 Å². The zero-order chi connectivity index (χ0) is 16.9. The minimum atomic E-state index is -0.593. The lowest BCUT2D eigenvalue weighted by Crippen LogP contribution is -2.14. The Morgan fingerprint density at radius 3 is 2.67 bits per heavy atom. The Kier molecular flexibility index (Phi) is 4.79. The van der Waals surface area contributed by atoms with Gasteiger partial charge in [0.2, 0.25) is 5.95 Å². The molecule has 3 aromatic heterocycles. The van der Waals surface area contributed by atoms with Gasteiger partial charge in [-0.1, -0.05) is 6.07 Å². The number of nitrogens with one attached hydrogen (secondary N) is 2. The molecule has 0 bridgehead atoms. The van der Waals surface area contributed by atoms with Crippen LogP contribution in [0.1, 0.15) is 25.1 Å². The topological polar surface area (TPSA) is 75.6 Å². The number of hydrogen-bond acceptors (Lipinski definition) is 6. The molecule has 0 aromatic carbocycles. The Bertz CT molecular complexity index is 836. The van der Waals surface area contributed by atoms with E-state index in [-0.39, 0.29) is 6.04 Å². The van der Waals surface area contributed by atoms with Crippen molar-refractivity contribution in [1.82, 2.24) is 19.9 Å². The highest BCUT2D eigenvalue weighted by atomic mass is 19.1. The van der Waals surface area contributed by atoms with E-state index < -0.39 is 6.67 Å². The van der Waals surface area contributed by atoms with Crippen molar-refractivity contribution in [1.29, 1.82) is 0 Å². The van der Waals surface area contributed by atoms with Crippen LogP contribution in [0.3, 0.4) is 0 Å². The van der Waals surface area contributed by atoms with Gasteiger partial charge in [0, 0.05) is 25.0 Å². The average molecular weight is 326 g/mol. The van der Waals surface area contributed by atoms with Crippen LogP contribution in [-0.2, 0) is 13.2 Å². The highest BCUT2D eigenvalue weighted by molar-refractivity contribution is 5.87. The molecule has 0 aliphatic rings. The maximum absolute atomic E-state index is 13.0. The molecule has 0 saturated heterocycles. The highest BCUT2D eigenvalue weighted by Gasteiger charge is 2.10. The van der Waals surface area contributed by atoms with E-state index in [9.17, 15) is 4.39 Å². The van der Waals surface area contributed by atoms with Crippen LogP contribution in [0.5, 0.6) is 0 Å². The Balaban J connectivity index is 1.92. The third-order valence-corrected chi connectivity index (χ3v) is 3.45. The maximum atomic E-state index is 13.0. The van der Waals surface area contributed by atoms with Crippen molar-refractivity contribution in [2.24, 2.45) is 0 Å². The van der Waals surface area contributed by atoms with Crippen LogP contribution in [-0.4, -0.2) is 26.0 Å². The van der Waals surface area contributed by atoms with Gasteiger partial charge in [-0.2, -0.15) is 9.97 Å². The molecule has 0 spiro atoms. The molecule has 0 aliphatic heterocycles. The number of halogens is 1. The third kappa shape index (κ3) is 3.56. The number of pyridine rings is 2. The summed E-state index contributed by atoms with van der Waals surface area (Å²) in [5, 5.41) is 7.26. The number of aromatic nitrogens is 4. The van der Waals surface area contributed by atoms with Gasteiger partial charge >= 0.3 is 0 Å². The fourth-order valence-electron chi connectivity index (χ4n) is 2.35. The summed E-state index contributed by atoms with van der Waals surface area (Å²) in [5.74, 6) is 1.17. The van der Waals surface area contributed by atoms with Gasteiger partial charge in [0.25, 0.3) is 0 Å². The Morgan fingerprint density at radius 2 is 1.88 bits per heavy atom. The zero-order valence-electron chi connectivity index (χ0n) is 13.6. The predicted octanol–water partition coefficient (Wildman–Crippen LogP) is 3.32. The van der Waals surface area contributed by atoms with Crippen LogP contribution in [0.15, 0.2) is 36.7 Å². The van der Waals surface area contributed by atoms with E-state index in [4.69, 9.17) is 0 Å². The van der Waals surface area contributed by atoms with Gasteiger partial charge in [0.15, 0.2) is 5.65 Å². The lowest BCUT2D eigenvalue weighted by molar-refractivity contribution is 0.473. The summed E-state index contributed by atoms with van der Waals surface area (Å²) >= 11 is 0. The molecule has 0 unspecified atom stereocenters. The molecule has 0 fully saturated rings. The second-order valence-corrected chi connectivity index (χ2v) is 5.67. The van der Waals surface area contributed by atoms with Gasteiger partial charge < -0.3 is 10.6 Å². The molecule has 3 aromatic rings. The molecule has 24 heavy (non-hydrogen) atoms. The number of anilines is 2. The summed E-state index contributed by atoms with van der Waals surface area (Å²) < 4.78 is 13.0. The molecule has 3 heterocycles. The van der Waals surface area contributed by atoms with Gasteiger partial charge in [0.1, 0.15) is 12.5 Å². The molecular formula is C17H19FN6. The van der Waals surface area contributed by atoms with Crippen molar-refractivity contribution in [3.8, 4) is 0 Å². The summed E-state index contributed by atoms with van der Waals surface area (Å²) in [6, 6.07) is 7.59. The van der Waals surface area contributed by atoms with E-state index in [2.05, 4.69) is 30.6 Å². The monoisotopic (exact) mass is 326 g/mol. The normalized spacial score (nSPS) is 11.0. The van der Waals surface area contributed by atoms with Gasteiger partial charge in [-0.25, -0.2) is 9.37 Å². The third-order valence-electron chi connectivity index (χ3n) is 3.45. The summed E-state index contributed by atoms with van der Waals surface area (Å²) in [6.45, 7) is 3.86. The SMILES string of the molecule is CC(C)Nc1nc(NCc2cccnc2CF)c2cccnc2n1. The smallest absolute Gasteiger partial charge is 0.226 e. The Labute approximate surface area is 139 Å². The lowest BCUT2D eigenvalue weighted by atomic mass is 10.2. The fourth-order valence-corrected chi connectivity index (χ4v) is 2.35. The minimum absolute atomic E-state index is 0.204. The number of rotatable bonds is 6. The molecule has 0 radical (unpaired) electrons. The summed E-state index contributed by atoms with van der Waals surface area (Å²) in [4.78, 5) is 17.3. The van der Waals surface area contributed by atoms with Crippen LogP contribution in [0.25, 0.3) is 11.0 Å². The van der Waals surface area contributed by atoms with E-state index in [0.717, 1.165) is 10.9 Å². The van der Waals surface area contributed by atoms with E-state index in [0.29, 0.717) is 29.7 Å². The first-order chi connectivity index (χ1) is 11.7. The molecule has 124 valence electrons. The van der Waals surface area contributed by atoms with Crippen molar-refractivity contribution in [3.63, 3.8) is 0 Å². The first-order valence-corrected chi connectivity index (χ1v) is 7.79. The second-order valence-electron chi connectivity index (χ2n) is 5.67. The number of nitrogens with zero attached hydrogens (tertiary/aromatic N) is 4. The lowest BCUT2D eigenvalue weighted by Gasteiger charge is -2.13. The fraction of sp³-hybridized carbons (Fsp3) is 0.294. The Hall–Kier alpha value is -2.83. The number of fused-ring (bicyclic) bond motifs is 1. The summed E-state index contributed by atoms with van der Waals surface area (Å²) in [7, 11) is 0. The van der Waals surface area contributed by atoms with Crippen molar-refractivity contribution in [2.45, 2.75) is 33.1 Å². The van der Waals surface area contributed by atoms with E-state index in [1.807, 2.05) is 32.0 Å². The van der Waals surface area contributed by atoms with Crippen LogP contribution >= 0.6 is 0 Å². The van der Waals surface area contributed by atoms with Gasteiger partial charge in [-0.05, 0) is 37.6 Å². The van der Waals surface area contributed by atoms with Gasteiger partial charge in [0.05, 0.1) is 11.1 Å². The maximum Gasteiger partial charge on any atom is 0.226 e.